The number of nitrogens with one attached hydrogen (secondary N) is 2. The molecule has 0 fully saturated rings. The first-order valence-corrected chi connectivity index (χ1v) is 9.31. The number of amides is 1. The highest BCUT2D eigenvalue weighted by molar-refractivity contribution is 6.31. The van der Waals surface area contributed by atoms with Crippen LogP contribution in [0.1, 0.15) is 48.0 Å². The van der Waals surface area contributed by atoms with Gasteiger partial charge >= 0.3 is 0 Å². The Labute approximate surface area is 158 Å². The standard InChI is InChI=1S/C20H23ClN4O/c1-14-7-8-17(21)11-18(14)25-19(26)16-12-23-20(24-13-16)22-10-9-15-5-3-2-4-6-15/h5,7-8,11-13H,2-4,6,9-10H2,1H3,(H,25,26)(H,22,23,24). The molecule has 2 N–H and O–H groups in total. The molecule has 3 rings (SSSR count). The van der Waals surface area contributed by atoms with Gasteiger partial charge in [0.05, 0.1) is 5.56 Å². The highest BCUT2D eigenvalue weighted by Gasteiger charge is 2.10. The maximum absolute atomic E-state index is 12.3. The average Bonchev–Trinajstić information content (AvgIpc) is 2.66. The molecule has 1 aromatic carbocycles. The molecule has 26 heavy (non-hydrogen) atoms. The minimum Gasteiger partial charge on any atom is -0.354 e. The molecule has 0 unspecified atom stereocenters. The van der Waals surface area contributed by atoms with Crippen LogP contribution < -0.4 is 10.6 Å². The van der Waals surface area contributed by atoms with Crippen LogP contribution in [-0.4, -0.2) is 22.4 Å². The first kappa shape index (κ1) is 18.4. The number of carbonyl (C=O) groups is 1. The van der Waals surface area contributed by atoms with E-state index in [4.69, 9.17) is 11.6 Å². The first-order valence-electron chi connectivity index (χ1n) is 8.93. The van der Waals surface area contributed by atoms with Gasteiger partial charge in [0.15, 0.2) is 0 Å². The van der Waals surface area contributed by atoms with Gasteiger partial charge in [-0.25, -0.2) is 9.97 Å². The summed E-state index contributed by atoms with van der Waals surface area (Å²) in [6.45, 7) is 2.72. The van der Waals surface area contributed by atoms with Crippen LogP contribution >= 0.6 is 11.6 Å². The van der Waals surface area contributed by atoms with Gasteiger partial charge in [-0.2, -0.15) is 0 Å². The number of halogens is 1. The molecule has 5 nitrogen and oxygen atoms in total. The maximum atomic E-state index is 12.3. The third-order valence-corrected chi connectivity index (χ3v) is 4.71. The Bertz CT molecular complexity index is 802. The Balaban J connectivity index is 1.54. The number of rotatable bonds is 6. The number of allylic oxidation sites excluding steroid dienone is 1. The van der Waals surface area contributed by atoms with Gasteiger partial charge in [0, 0.05) is 29.6 Å². The van der Waals surface area contributed by atoms with Crippen LogP contribution in [0.15, 0.2) is 42.2 Å². The number of hydrogen-bond donors (Lipinski definition) is 2. The monoisotopic (exact) mass is 370 g/mol. The van der Waals surface area contributed by atoms with Gasteiger partial charge in [0.25, 0.3) is 5.91 Å². The Morgan fingerprint density at radius 1 is 1.23 bits per heavy atom. The molecule has 2 aromatic rings. The van der Waals surface area contributed by atoms with Crippen molar-refractivity contribution in [1.29, 1.82) is 0 Å². The summed E-state index contributed by atoms with van der Waals surface area (Å²) in [5, 5.41) is 6.63. The number of carbonyl (C=O) groups excluding carboxylic acids is 1. The van der Waals surface area contributed by atoms with Crippen LogP contribution in [-0.2, 0) is 0 Å². The number of benzene rings is 1. The Morgan fingerprint density at radius 2 is 2.04 bits per heavy atom. The summed E-state index contributed by atoms with van der Waals surface area (Å²) in [5.74, 6) is 0.283. The van der Waals surface area contributed by atoms with Crippen LogP contribution in [0, 0.1) is 6.92 Å². The van der Waals surface area contributed by atoms with Crippen molar-refractivity contribution in [2.45, 2.75) is 39.0 Å². The number of hydrogen-bond acceptors (Lipinski definition) is 4. The molecule has 1 aromatic heterocycles. The quantitative estimate of drug-likeness (QED) is 0.702. The highest BCUT2D eigenvalue weighted by Crippen LogP contribution is 2.21. The Kier molecular flexibility index (Phi) is 6.23. The van der Waals surface area contributed by atoms with Crippen molar-refractivity contribution in [3.05, 3.63) is 58.4 Å². The molecule has 1 heterocycles. The first-order chi connectivity index (χ1) is 12.6. The Hall–Kier alpha value is -2.40. The van der Waals surface area contributed by atoms with Crippen molar-refractivity contribution in [1.82, 2.24) is 9.97 Å². The fourth-order valence-electron chi connectivity index (χ4n) is 2.93. The van der Waals surface area contributed by atoms with Gasteiger partial charge in [-0.05, 0) is 56.7 Å². The largest absolute Gasteiger partial charge is 0.354 e. The van der Waals surface area contributed by atoms with E-state index in [0.717, 1.165) is 18.5 Å². The van der Waals surface area contributed by atoms with Gasteiger partial charge in [0.2, 0.25) is 5.95 Å². The van der Waals surface area contributed by atoms with Crippen LogP contribution in [0.25, 0.3) is 0 Å². The van der Waals surface area contributed by atoms with Crippen molar-refractivity contribution in [2.75, 3.05) is 17.2 Å². The number of anilines is 2. The van der Waals surface area contributed by atoms with Crippen LogP contribution in [0.4, 0.5) is 11.6 Å². The smallest absolute Gasteiger partial charge is 0.258 e. The van der Waals surface area contributed by atoms with Crippen LogP contribution in [0.5, 0.6) is 0 Å². The van der Waals surface area contributed by atoms with Gasteiger partial charge in [-0.3, -0.25) is 4.79 Å². The van der Waals surface area contributed by atoms with Gasteiger partial charge in [0.1, 0.15) is 0 Å². The van der Waals surface area contributed by atoms with Crippen molar-refractivity contribution in [3.8, 4) is 0 Å². The minimum atomic E-state index is -0.255. The summed E-state index contributed by atoms with van der Waals surface area (Å²) in [7, 11) is 0. The van der Waals surface area contributed by atoms with Crippen molar-refractivity contribution in [2.24, 2.45) is 0 Å². The van der Waals surface area contributed by atoms with E-state index in [-0.39, 0.29) is 5.91 Å². The summed E-state index contributed by atoms with van der Waals surface area (Å²) < 4.78 is 0. The molecule has 0 atom stereocenters. The summed E-state index contributed by atoms with van der Waals surface area (Å²) in [5.41, 5.74) is 3.55. The summed E-state index contributed by atoms with van der Waals surface area (Å²) in [6, 6.07) is 5.38. The molecule has 1 aliphatic carbocycles. The van der Waals surface area contributed by atoms with Crippen molar-refractivity contribution in [3.63, 3.8) is 0 Å². The second-order valence-electron chi connectivity index (χ2n) is 6.49. The zero-order valence-electron chi connectivity index (χ0n) is 14.9. The lowest BCUT2D eigenvalue weighted by molar-refractivity contribution is 0.102. The molecule has 0 saturated heterocycles. The predicted octanol–water partition coefficient (Wildman–Crippen LogP) is 4.99. The van der Waals surface area contributed by atoms with Crippen molar-refractivity contribution >= 4 is 29.1 Å². The SMILES string of the molecule is Cc1ccc(Cl)cc1NC(=O)c1cnc(NCCC2=CCCCC2)nc1. The fourth-order valence-corrected chi connectivity index (χ4v) is 3.10. The van der Waals surface area contributed by atoms with Gasteiger partial charge in [-0.15, -0.1) is 0 Å². The molecule has 0 spiro atoms. The van der Waals surface area contributed by atoms with E-state index in [1.54, 1.807) is 12.1 Å². The third kappa shape index (κ3) is 5.05. The predicted molar refractivity (Wildman–Crippen MR) is 106 cm³/mol. The summed E-state index contributed by atoms with van der Waals surface area (Å²) >= 11 is 5.98. The molecule has 6 heteroatoms. The fraction of sp³-hybridized carbons (Fsp3) is 0.350. The molecule has 0 aliphatic heterocycles. The molecule has 0 saturated carbocycles. The van der Waals surface area contributed by atoms with E-state index in [9.17, 15) is 4.79 Å². The Morgan fingerprint density at radius 3 is 2.77 bits per heavy atom. The molecule has 136 valence electrons. The molecule has 1 aliphatic rings. The van der Waals surface area contributed by atoms with Crippen LogP contribution in [0.2, 0.25) is 5.02 Å². The van der Waals surface area contributed by atoms with E-state index in [1.807, 2.05) is 13.0 Å². The number of aryl methyl sites for hydroxylation is 1. The van der Waals surface area contributed by atoms with E-state index in [2.05, 4.69) is 26.7 Å². The average molecular weight is 371 g/mol. The molecule has 1 amide bonds. The summed E-state index contributed by atoms with van der Waals surface area (Å²) in [6.07, 6.45) is 11.4. The second-order valence-corrected chi connectivity index (χ2v) is 6.93. The second kappa shape index (κ2) is 8.81. The van der Waals surface area contributed by atoms with Crippen LogP contribution in [0.3, 0.4) is 0 Å². The number of nitrogens with zero attached hydrogens (tertiary/aromatic N) is 2. The topological polar surface area (TPSA) is 66.9 Å². The zero-order valence-corrected chi connectivity index (χ0v) is 15.6. The highest BCUT2D eigenvalue weighted by atomic mass is 35.5. The van der Waals surface area contributed by atoms with Crippen molar-refractivity contribution < 1.29 is 4.79 Å². The van der Waals surface area contributed by atoms with E-state index < -0.39 is 0 Å². The van der Waals surface area contributed by atoms with E-state index in [0.29, 0.717) is 22.2 Å². The lowest BCUT2D eigenvalue weighted by atomic mass is 9.97. The van der Waals surface area contributed by atoms with Gasteiger partial charge in [-0.1, -0.05) is 29.3 Å². The minimum absolute atomic E-state index is 0.255. The molecular weight excluding hydrogens is 348 g/mol. The normalized spacial score (nSPS) is 13.8. The van der Waals surface area contributed by atoms with E-state index in [1.165, 1.54) is 43.7 Å². The molecule has 0 radical (unpaired) electrons. The molecule has 0 bridgehead atoms. The third-order valence-electron chi connectivity index (χ3n) is 4.48. The summed E-state index contributed by atoms with van der Waals surface area (Å²) in [4.78, 5) is 20.8. The zero-order chi connectivity index (χ0) is 18.4. The maximum Gasteiger partial charge on any atom is 0.258 e. The lowest BCUT2D eigenvalue weighted by Gasteiger charge is -2.13. The van der Waals surface area contributed by atoms with E-state index >= 15 is 0 Å². The lowest BCUT2D eigenvalue weighted by Crippen LogP contribution is -2.14. The molecular formula is C20H23ClN4O. The number of aromatic nitrogens is 2. The van der Waals surface area contributed by atoms with Gasteiger partial charge < -0.3 is 10.6 Å².